The van der Waals surface area contributed by atoms with Gasteiger partial charge in [0.25, 0.3) is 0 Å². The van der Waals surface area contributed by atoms with Crippen LogP contribution in [0, 0.1) is 0 Å². The van der Waals surface area contributed by atoms with Crippen molar-refractivity contribution in [1.82, 2.24) is 10.4 Å². The lowest BCUT2D eigenvalue weighted by Crippen LogP contribution is -2.25. The number of nitrogens with zero attached hydrogens (tertiary/aromatic N) is 3. The van der Waals surface area contributed by atoms with Crippen LogP contribution >= 0.6 is 0 Å². The molecule has 6 nitrogen and oxygen atoms in total. The third-order valence-electron chi connectivity index (χ3n) is 3.57. The van der Waals surface area contributed by atoms with Crippen LogP contribution in [0.4, 0.5) is 5.69 Å². The quantitative estimate of drug-likeness (QED) is 0.673. The van der Waals surface area contributed by atoms with E-state index in [1.807, 2.05) is 43.3 Å². The summed E-state index contributed by atoms with van der Waals surface area (Å²) in [6.07, 6.45) is 4.63. The van der Waals surface area contributed by atoms with Gasteiger partial charge < -0.3 is 0 Å². The molecule has 0 spiro atoms. The van der Waals surface area contributed by atoms with Crippen LogP contribution in [0.3, 0.4) is 0 Å². The summed E-state index contributed by atoms with van der Waals surface area (Å²) in [5, 5.41) is 8.46. The largest absolute Gasteiger partial charge is 0.278 e. The lowest BCUT2D eigenvalue weighted by Gasteiger charge is -2.12. The van der Waals surface area contributed by atoms with Crippen LogP contribution in [0.15, 0.2) is 59.0 Å². The number of nitrogens with one attached hydrogen (secondary N) is 2. The Kier molecular flexibility index (Phi) is 4.42. The SMILES string of the molecule is CC(=NNc1ccc(C2=NNC(=O)CC2)cc1)c1ccncc1. The highest BCUT2D eigenvalue weighted by Crippen LogP contribution is 2.14. The number of hydrogen-bond donors (Lipinski definition) is 2. The van der Waals surface area contributed by atoms with E-state index in [-0.39, 0.29) is 5.91 Å². The van der Waals surface area contributed by atoms with Crippen LogP contribution in [0.5, 0.6) is 0 Å². The van der Waals surface area contributed by atoms with E-state index >= 15 is 0 Å². The van der Waals surface area contributed by atoms with Crippen molar-refractivity contribution >= 4 is 23.0 Å². The Morgan fingerprint density at radius 3 is 2.52 bits per heavy atom. The van der Waals surface area contributed by atoms with Crippen molar-refractivity contribution in [1.29, 1.82) is 0 Å². The van der Waals surface area contributed by atoms with Crippen LogP contribution in [0.25, 0.3) is 0 Å². The normalized spacial score (nSPS) is 14.9. The summed E-state index contributed by atoms with van der Waals surface area (Å²) in [5.41, 5.74) is 10.2. The van der Waals surface area contributed by atoms with Gasteiger partial charge in [0.05, 0.1) is 17.1 Å². The van der Waals surface area contributed by atoms with Gasteiger partial charge in [0, 0.05) is 30.8 Å². The molecule has 0 aliphatic carbocycles. The van der Waals surface area contributed by atoms with Crippen LogP contribution in [0.1, 0.15) is 30.9 Å². The standard InChI is InChI=1S/C17H17N5O/c1-12(13-8-10-18-11-9-13)19-20-15-4-2-14(3-5-15)16-6-7-17(23)22-21-16/h2-5,8-11,20H,6-7H2,1H3,(H,22,23). The molecule has 1 aromatic carbocycles. The molecule has 3 rings (SSSR count). The van der Waals surface area contributed by atoms with Gasteiger partial charge in [0.15, 0.2) is 0 Å². The summed E-state index contributed by atoms with van der Waals surface area (Å²) in [5.74, 6) is -0.0343. The highest BCUT2D eigenvalue weighted by Gasteiger charge is 2.12. The molecule has 0 bridgehead atoms. The van der Waals surface area contributed by atoms with Crippen molar-refractivity contribution in [3.05, 3.63) is 59.9 Å². The molecule has 2 N–H and O–H groups in total. The topological polar surface area (TPSA) is 78.7 Å². The van der Waals surface area contributed by atoms with Gasteiger partial charge in [-0.1, -0.05) is 12.1 Å². The van der Waals surface area contributed by atoms with Crippen molar-refractivity contribution < 1.29 is 4.79 Å². The van der Waals surface area contributed by atoms with E-state index in [1.165, 1.54) is 0 Å². The molecular formula is C17H17N5O. The Morgan fingerprint density at radius 1 is 1.13 bits per heavy atom. The number of rotatable bonds is 4. The monoisotopic (exact) mass is 307 g/mol. The summed E-state index contributed by atoms with van der Waals surface area (Å²) >= 11 is 0. The second-order valence-corrected chi connectivity index (χ2v) is 5.22. The van der Waals surface area contributed by atoms with E-state index in [0.29, 0.717) is 12.8 Å². The van der Waals surface area contributed by atoms with Crippen molar-refractivity contribution in [3.8, 4) is 0 Å². The van der Waals surface area contributed by atoms with Gasteiger partial charge >= 0.3 is 0 Å². The summed E-state index contributed by atoms with van der Waals surface area (Å²) in [4.78, 5) is 15.1. The molecule has 23 heavy (non-hydrogen) atoms. The Labute approximate surface area is 134 Å². The fourth-order valence-corrected chi connectivity index (χ4v) is 2.23. The molecule has 0 unspecified atom stereocenters. The smallest absolute Gasteiger partial charge is 0.240 e. The van der Waals surface area contributed by atoms with E-state index in [4.69, 9.17) is 0 Å². The van der Waals surface area contributed by atoms with Gasteiger partial charge in [-0.15, -0.1) is 0 Å². The maximum atomic E-state index is 11.1. The molecule has 1 amide bonds. The lowest BCUT2D eigenvalue weighted by atomic mass is 10.0. The number of carbonyl (C=O) groups excluding carboxylic acids is 1. The Hall–Kier alpha value is -3.02. The summed E-state index contributed by atoms with van der Waals surface area (Å²) in [7, 11) is 0. The van der Waals surface area contributed by atoms with Crippen LogP contribution < -0.4 is 10.9 Å². The number of hydrogen-bond acceptors (Lipinski definition) is 5. The minimum atomic E-state index is -0.0343. The van der Waals surface area contributed by atoms with Crippen molar-refractivity contribution in [2.24, 2.45) is 10.2 Å². The Balaban J connectivity index is 1.67. The average molecular weight is 307 g/mol. The van der Waals surface area contributed by atoms with Gasteiger partial charge in [-0.25, -0.2) is 5.43 Å². The molecule has 0 fully saturated rings. The third kappa shape index (κ3) is 3.79. The molecule has 0 atom stereocenters. The zero-order chi connectivity index (χ0) is 16.1. The molecule has 0 saturated heterocycles. The average Bonchev–Trinajstić information content (AvgIpc) is 2.61. The molecule has 0 saturated carbocycles. The fourth-order valence-electron chi connectivity index (χ4n) is 2.23. The first-order valence-corrected chi connectivity index (χ1v) is 7.39. The predicted molar refractivity (Wildman–Crippen MR) is 90.4 cm³/mol. The van der Waals surface area contributed by atoms with Crippen molar-refractivity contribution in [3.63, 3.8) is 0 Å². The Morgan fingerprint density at radius 2 is 1.87 bits per heavy atom. The molecule has 116 valence electrons. The van der Waals surface area contributed by atoms with Gasteiger partial charge in [-0.05, 0) is 36.8 Å². The van der Waals surface area contributed by atoms with Gasteiger partial charge in [0.1, 0.15) is 0 Å². The first-order chi connectivity index (χ1) is 11.2. The van der Waals surface area contributed by atoms with E-state index in [2.05, 4.69) is 26.0 Å². The molecule has 0 radical (unpaired) electrons. The summed E-state index contributed by atoms with van der Waals surface area (Å²) < 4.78 is 0. The van der Waals surface area contributed by atoms with Gasteiger partial charge in [-0.3, -0.25) is 15.2 Å². The van der Waals surface area contributed by atoms with Crippen LogP contribution in [-0.4, -0.2) is 22.3 Å². The zero-order valence-corrected chi connectivity index (χ0v) is 12.8. The number of carbonyl (C=O) groups is 1. The minimum Gasteiger partial charge on any atom is -0.278 e. The number of amides is 1. The number of hydrazone groups is 2. The third-order valence-corrected chi connectivity index (χ3v) is 3.57. The number of benzene rings is 1. The maximum Gasteiger partial charge on any atom is 0.240 e. The molecule has 1 aliphatic heterocycles. The molecular weight excluding hydrogens is 290 g/mol. The second-order valence-electron chi connectivity index (χ2n) is 5.22. The maximum absolute atomic E-state index is 11.1. The van der Waals surface area contributed by atoms with Crippen LogP contribution in [0.2, 0.25) is 0 Å². The van der Waals surface area contributed by atoms with E-state index in [0.717, 1.165) is 28.2 Å². The molecule has 2 heterocycles. The predicted octanol–water partition coefficient (Wildman–Crippen LogP) is 2.53. The Bertz CT molecular complexity index is 750. The molecule has 6 heteroatoms. The number of anilines is 1. The summed E-state index contributed by atoms with van der Waals surface area (Å²) in [6.45, 7) is 1.94. The van der Waals surface area contributed by atoms with E-state index < -0.39 is 0 Å². The first-order valence-electron chi connectivity index (χ1n) is 7.39. The number of pyridine rings is 1. The van der Waals surface area contributed by atoms with Crippen LogP contribution in [-0.2, 0) is 4.79 Å². The van der Waals surface area contributed by atoms with Crippen molar-refractivity contribution in [2.75, 3.05) is 5.43 Å². The number of aromatic nitrogens is 1. The van der Waals surface area contributed by atoms with E-state index in [1.54, 1.807) is 12.4 Å². The molecule has 1 aliphatic rings. The highest BCUT2D eigenvalue weighted by atomic mass is 16.2. The van der Waals surface area contributed by atoms with Gasteiger partial charge in [0.2, 0.25) is 5.91 Å². The minimum absolute atomic E-state index is 0.0343. The van der Waals surface area contributed by atoms with Gasteiger partial charge in [-0.2, -0.15) is 10.2 Å². The fraction of sp³-hybridized carbons (Fsp3) is 0.176. The second kappa shape index (κ2) is 6.83. The summed E-state index contributed by atoms with van der Waals surface area (Å²) in [6, 6.07) is 11.7. The lowest BCUT2D eigenvalue weighted by molar-refractivity contribution is -0.121. The molecule has 2 aromatic rings. The first kappa shape index (κ1) is 14.9. The van der Waals surface area contributed by atoms with E-state index in [9.17, 15) is 4.79 Å². The molecule has 1 aromatic heterocycles. The highest BCUT2D eigenvalue weighted by molar-refractivity contribution is 6.04. The zero-order valence-electron chi connectivity index (χ0n) is 12.8. The van der Waals surface area contributed by atoms with Crippen molar-refractivity contribution in [2.45, 2.75) is 19.8 Å².